The molecule has 0 radical (unpaired) electrons. The monoisotopic (exact) mass is 424 g/mol. The Hall–Kier alpha value is -3.34. The van der Waals surface area contributed by atoms with E-state index in [1.807, 2.05) is 4.98 Å². The lowest BCUT2D eigenvalue weighted by atomic mass is 9.98. The van der Waals surface area contributed by atoms with Gasteiger partial charge in [-0.05, 0) is 12.1 Å². The Balaban J connectivity index is 1.87. The zero-order chi connectivity index (χ0) is 21.8. The van der Waals surface area contributed by atoms with Crippen molar-refractivity contribution in [1.82, 2.24) is 9.55 Å². The summed E-state index contributed by atoms with van der Waals surface area (Å²) >= 11 is 0. The van der Waals surface area contributed by atoms with Crippen molar-refractivity contribution in [3.63, 3.8) is 0 Å². The largest absolute Gasteiger partial charge is 0.459 e. The minimum Gasteiger partial charge on any atom is -0.459 e. The minimum absolute atomic E-state index is 0.217. The van der Waals surface area contributed by atoms with Crippen LogP contribution in [0.25, 0.3) is 0 Å². The topological polar surface area (TPSA) is 117 Å². The number of ether oxygens (including phenoxy) is 3. The molecule has 1 aromatic heterocycles. The molecular weight excluding hydrogens is 406 g/mol. The quantitative estimate of drug-likeness (QED) is 0.691. The summed E-state index contributed by atoms with van der Waals surface area (Å²) in [6.07, 6.45) is -6.34. The Kier molecular flexibility index (Phi) is 6.40. The van der Waals surface area contributed by atoms with Crippen LogP contribution in [0, 0.1) is 5.92 Å². The van der Waals surface area contributed by atoms with Crippen molar-refractivity contribution in [2.24, 2.45) is 5.92 Å². The molecule has 2 heterocycles. The molecule has 3 rings (SSSR count). The van der Waals surface area contributed by atoms with Crippen molar-refractivity contribution < 1.29 is 32.6 Å². The molecule has 1 aliphatic rings. The summed E-state index contributed by atoms with van der Waals surface area (Å²) in [5.41, 5.74) is -1.41. The molecule has 30 heavy (non-hydrogen) atoms. The molecular formula is C19H18F2N2O7. The first kappa shape index (κ1) is 21.4. The van der Waals surface area contributed by atoms with E-state index in [1.165, 1.54) is 12.1 Å². The predicted molar refractivity (Wildman–Crippen MR) is 97.0 cm³/mol. The standard InChI is InChI=1S/C19H18F2N2O7/c1-10(24)29-15-14(16(20)21)12(9-28-18(26)11-5-3-2-4-6-11)30-17(15)23-8-7-13(25)22-19(23)27/h2-8,12,14-17H,9H2,1H3,(H,22,25,27)/t12-,14?,15-,17-/m1/s1. The van der Waals surface area contributed by atoms with Gasteiger partial charge in [-0.1, -0.05) is 18.2 Å². The molecule has 1 aromatic carbocycles. The zero-order valence-corrected chi connectivity index (χ0v) is 15.7. The number of nitrogens with zero attached hydrogens (tertiary/aromatic N) is 1. The fourth-order valence-electron chi connectivity index (χ4n) is 3.20. The van der Waals surface area contributed by atoms with Crippen LogP contribution in [-0.2, 0) is 19.0 Å². The molecule has 9 nitrogen and oxygen atoms in total. The summed E-state index contributed by atoms with van der Waals surface area (Å²) in [6.45, 7) is 0.465. The van der Waals surface area contributed by atoms with E-state index in [0.717, 1.165) is 23.8 Å². The van der Waals surface area contributed by atoms with E-state index < -0.39 is 60.6 Å². The van der Waals surface area contributed by atoms with Crippen LogP contribution >= 0.6 is 0 Å². The van der Waals surface area contributed by atoms with Gasteiger partial charge in [-0.15, -0.1) is 0 Å². The molecule has 2 aromatic rings. The van der Waals surface area contributed by atoms with Gasteiger partial charge in [0.25, 0.3) is 5.56 Å². The first-order valence-electron chi connectivity index (χ1n) is 8.92. The van der Waals surface area contributed by atoms with Gasteiger partial charge in [-0.3, -0.25) is 19.1 Å². The molecule has 1 fully saturated rings. The van der Waals surface area contributed by atoms with Crippen LogP contribution in [0.4, 0.5) is 8.78 Å². The maximum Gasteiger partial charge on any atom is 0.338 e. The summed E-state index contributed by atoms with van der Waals surface area (Å²) < 4.78 is 44.2. The van der Waals surface area contributed by atoms with Crippen molar-refractivity contribution >= 4 is 11.9 Å². The van der Waals surface area contributed by atoms with Gasteiger partial charge in [-0.25, -0.2) is 18.4 Å². The molecule has 1 N–H and O–H groups in total. The molecule has 0 bridgehead atoms. The third-order valence-corrected chi connectivity index (χ3v) is 4.51. The second-order valence-corrected chi connectivity index (χ2v) is 6.53. The number of hydrogen-bond acceptors (Lipinski definition) is 7. The summed E-state index contributed by atoms with van der Waals surface area (Å²) in [4.78, 5) is 49.0. The number of benzene rings is 1. The molecule has 0 saturated carbocycles. The maximum atomic E-state index is 13.8. The number of carbonyl (C=O) groups is 2. The van der Waals surface area contributed by atoms with Gasteiger partial charge >= 0.3 is 17.6 Å². The van der Waals surface area contributed by atoms with Gasteiger partial charge in [0, 0.05) is 19.2 Å². The number of rotatable bonds is 6. The number of esters is 2. The smallest absolute Gasteiger partial charge is 0.338 e. The number of alkyl halides is 2. The number of hydrogen-bond donors (Lipinski definition) is 1. The van der Waals surface area contributed by atoms with Crippen LogP contribution in [0.5, 0.6) is 0 Å². The van der Waals surface area contributed by atoms with E-state index in [4.69, 9.17) is 14.2 Å². The molecule has 0 spiro atoms. The highest BCUT2D eigenvalue weighted by molar-refractivity contribution is 5.89. The third kappa shape index (κ3) is 4.62. The van der Waals surface area contributed by atoms with Crippen LogP contribution in [0.1, 0.15) is 23.5 Å². The molecule has 0 aliphatic carbocycles. The first-order chi connectivity index (χ1) is 14.3. The second-order valence-electron chi connectivity index (χ2n) is 6.53. The van der Waals surface area contributed by atoms with Gasteiger partial charge in [0.2, 0.25) is 6.43 Å². The maximum absolute atomic E-state index is 13.8. The normalized spacial score (nSPS) is 23.3. The number of aromatic nitrogens is 2. The van der Waals surface area contributed by atoms with E-state index in [1.54, 1.807) is 18.2 Å². The van der Waals surface area contributed by atoms with Crippen LogP contribution in [0.2, 0.25) is 0 Å². The van der Waals surface area contributed by atoms with Gasteiger partial charge in [0.1, 0.15) is 12.7 Å². The van der Waals surface area contributed by atoms with Crippen molar-refractivity contribution in [1.29, 1.82) is 0 Å². The average Bonchev–Trinajstić information content (AvgIpc) is 3.04. The summed E-state index contributed by atoms with van der Waals surface area (Å²) in [6, 6.07) is 8.90. The summed E-state index contributed by atoms with van der Waals surface area (Å²) in [7, 11) is 0. The molecule has 160 valence electrons. The SMILES string of the molecule is CC(=O)O[C@@H]1C(C(F)F)[C@@H](COC(=O)c2ccccc2)O[C@H]1n1ccc(=O)[nH]c1=O. The van der Waals surface area contributed by atoms with Crippen LogP contribution in [0.15, 0.2) is 52.2 Å². The molecule has 4 atom stereocenters. The average molecular weight is 424 g/mol. The number of halogens is 2. The highest BCUT2D eigenvalue weighted by atomic mass is 19.3. The molecule has 0 amide bonds. The van der Waals surface area contributed by atoms with Crippen molar-refractivity contribution in [3.8, 4) is 0 Å². The highest BCUT2D eigenvalue weighted by Gasteiger charge is 2.52. The Bertz CT molecular complexity index is 1020. The summed E-state index contributed by atoms with van der Waals surface area (Å²) in [5.74, 6) is -3.29. The molecule has 1 saturated heterocycles. The van der Waals surface area contributed by atoms with Crippen molar-refractivity contribution in [2.75, 3.05) is 6.61 Å². The molecule has 11 heteroatoms. The van der Waals surface area contributed by atoms with Crippen LogP contribution < -0.4 is 11.2 Å². The Morgan fingerprint density at radius 2 is 1.90 bits per heavy atom. The zero-order valence-electron chi connectivity index (χ0n) is 15.7. The number of nitrogens with one attached hydrogen (secondary N) is 1. The van der Waals surface area contributed by atoms with Gasteiger partial charge in [0.05, 0.1) is 11.5 Å². The lowest BCUT2D eigenvalue weighted by Gasteiger charge is -2.23. The Labute approximate surface area is 168 Å². The van der Waals surface area contributed by atoms with E-state index >= 15 is 0 Å². The van der Waals surface area contributed by atoms with E-state index in [9.17, 15) is 28.0 Å². The number of H-pyrrole nitrogens is 1. The lowest BCUT2D eigenvalue weighted by molar-refractivity contribution is -0.156. The third-order valence-electron chi connectivity index (χ3n) is 4.51. The summed E-state index contributed by atoms with van der Waals surface area (Å²) in [5, 5.41) is 0. The Morgan fingerprint density at radius 3 is 2.50 bits per heavy atom. The fraction of sp³-hybridized carbons (Fsp3) is 0.368. The van der Waals surface area contributed by atoms with Crippen molar-refractivity contribution in [3.05, 3.63) is 69.0 Å². The van der Waals surface area contributed by atoms with Gasteiger partial charge in [-0.2, -0.15) is 0 Å². The van der Waals surface area contributed by atoms with Gasteiger partial charge in [0.15, 0.2) is 12.3 Å². The van der Waals surface area contributed by atoms with Crippen molar-refractivity contribution in [2.45, 2.75) is 31.8 Å². The number of carbonyl (C=O) groups excluding carboxylic acids is 2. The van der Waals surface area contributed by atoms with E-state index in [-0.39, 0.29) is 5.56 Å². The van der Waals surface area contributed by atoms with E-state index in [2.05, 4.69) is 0 Å². The molecule has 1 unspecified atom stereocenters. The second kappa shape index (κ2) is 8.99. The highest BCUT2D eigenvalue weighted by Crippen LogP contribution is 2.39. The fourth-order valence-corrected chi connectivity index (χ4v) is 3.20. The Morgan fingerprint density at radius 1 is 1.20 bits per heavy atom. The molecule has 1 aliphatic heterocycles. The number of aromatic amines is 1. The lowest BCUT2D eigenvalue weighted by Crippen LogP contribution is -2.40. The van der Waals surface area contributed by atoms with E-state index in [0.29, 0.717) is 0 Å². The first-order valence-corrected chi connectivity index (χ1v) is 8.92. The van der Waals surface area contributed by atoms with Crippen LogP contribution in [0.3, 0.4) is 0 Å². The van der Waals surface area contributed by atoms with Gasteiger partial charge < -0.3 is 14.2 Å². The predicted octanol–water partition coefficient (Wildman–Crippen LogP) is 1.10. The minimum atomic E-state index is -3.02. The van der Waals surface area contributed by atoms with Crippen LogP contribution in [-0.4, -0.2) is 46.7 Å².